The van der Waals surface area contributed by atoms with Crippen molar-refractivity contribution in [3.8, 4) is 0 Å². The van der Waals surface area contributed by atoms with Crippen molar-refractivity contribution in [2.75, 3.05) is 11.2 Å². The second kappa shape index (κ2) is 5.20. The highest BCUT2D eigenvalue weighted by Crippen LogP contribution is 2.32. The molecule has 0 saturated heterocycles. The van der Waals surface area contributed by atoms with E-state index in [-0.39, 0.29) is 0 Å². The maximum Gasteiger partial charge on any atom is 0.239 e. The SMILES string of the molecule is Cc1cc2c(SCC(C)C)nc(NN)nc2s1. The smallest absolute Gasteiger partial charge is 0.239 e. The van der Waals surface area contributed by atoms with Gasteiger partial charge in [0, 0.05) is 16.0 Å². The first-order chi connectivity index (χ1) is 8.10. The lowest BCUT2D eigenvalue weighted by molar-refractivity contribution is 0.749. The molecule has 0 amide bonds. The molecule has 0 aliphatic carbocycles. The maximum absolute atomic E-state index is 5.39. The largest absolute Gasteiger partial charge is 0.292 e. The van der Waals surface area contributed by atoms with Gasteiger partial charge in [0.2, 0.25) is 5.95 Å². The van der Waals surface area contributed by atoms with Crippen LogP contribution in [0.4, 0.5) is 5.95 Å². The third-order valence-electron chi connectivity index (χ3n) is 2.16. The van der Waals surface area contributed by atoms with Gasteiger partial charge in [0.15, 0.2) is 0 Å². The summed E-state index contributed by atoms with van der Waals surface area (Å²) < 4.78 is 0. The summed E-state index contributed by atoms with van der Waals surface area (Å²) in [7, 11) is 0. The van der Waals surface area contributed by atoms with Gasteiger partial charge in [-0.3, -0.25) is 5.43 Å². The molecule has 0 radical (unpaired) electrons. The van der Waals surface area contributed by atoms with Crippen molar-refractivity contribution >= 4 is 39.3 Å². The van der Waals surface area contributed by atoms with Crippen LogP contribution in [0.25, 0.3) is 10.2 Å². The zero-order chi connectivity index (χ0) is 12.4. The molecule has 0 aliphatic heterocycles. The molecule has 0 atom stereocenters. The molecule has 2 heterocycles. The second-order valence-corrected chi connectivity index (χ2v) is 6.52. The second-order valence-electron chi connectivity index (χ2n) is 4.28. The summed E-state index contributed by atoms with van der Waals surface area (Å²) in [5.74, 6) is 7.57. The van der Waals surface area contributed by atoms with E-state index in [4.69, 9.17) is 5.84 Å². The van der Waals surface area contributed by atoms with Crippen LogP contribution < -0.4 is 11.3 Å². The molecule has 0 spiro atoms. The Morgan fingerprint density at radius 2 is 2.24 bits per heavy atom. The third kappa shape index (κ3) is 2.88. The summed E-state index contributed by atoms with van der Waals surface area (Å²) in [6, 6.07) is 2.14. The summed E-state index contributed by atoms with van der Waals surface area (Å²) in [6.45, 7) is 6.48. The van der Waals surface area contributed by atoms with Crippen LogP contribution in [0, 0.1) is 12.8 Å². The van der Waals surface area contributed by atoms with Gasteiger partial charge in [0.1, 0.15) is 9.86 Å². The Labute approximate surface area is 109 Å². The molecular weight excluding hydrogens is 252 g/mol. The monoisotopic (exact) mass is 268 g/mol. The van der Waals surface area contributed by atoms with Crippen LogP contribution in [-0.4, -0.2) is 15.7 Å². The number of aryl methyl sites for hydroxylation is 1. The Morgan fingerprint density at radius 1 is 1.47 bits per heavy atom. The van der Waals surface area contributed by atoms with E-state index >= 15 is 0 Å². The van der Waals surface area contributed by atoms with E-state index in [1.807, 2.05) is 0 Å². The molecule has 2 aromatic rings. The average Bonchev–Trinajstić information content (AvgIpc) is 2.65. The summed E-state index contributed by atoms with van der Waals surface area (Å²) in [4.78, 5) is 11.0. The van der Waals surface area contributed by atoms with Gasteiger partial charge in [0.25, 0.3) is 0 Å². The highest BCUT2D eigenvalue weighted by Gasteiger charge is 2.11. The zero-order valence-electron chi connectivity index (χ0n) is 10.2. The fourth-order valence-electron chi connectivity index (χ4n) is 1.44. The number of fused-ring (bicyclic) bond motifs is 1. The molecule has 0 bridgehead atoms. The topological polar surface area (TPSA) is 63.8 Å². The minimum absolute atomic E-state index is 0.491. The molecule has 0 aromatic carbocycles. The van der Waals surface area contributed by atoms with Crippen LogP contribution >= 0.6 is 23.1 Å². The Morgan fingerprint density at radius 3 is 2.88 bits per heavy atom. The van der Waals surface area contributed by atoms with E-state index in [1.54, 1.807) is 23.1 Å². The van der Waals surface area contributed by atoms with Gasteiger partial charge in [-0.1, -0.05) is 13.8 Å². The number of nitrogens with one attached hydrogen (secondary N) is 1. The van der Waals surface area contributed by atoms with Crippen LogP contribution in [-0.2, 0) is 0 Å². The number of anilines is 1. The molecule has 3 N–H and O–H groups in total. The van der Waals surface area contributed by atoms with Gasteiger partial charge in [0.05, 0.1) is 0 Å². The molecule has 2 rings (SSSR count). The molecule has 4 nitrogen and oxygen atoms in total. The fourth-order valence-corrected chi connectivity index (χ4v) is 3.33. The maximum atomic E-state index is 5.39. The van der Waals surface area contributed by atoms with Crippen LogP contribution in [0.5, 0.6) is 0 Å². The van der Waals surface area contributed by atoms with Crippen molar-refractivity contribution < 1.29 is 0 Å². The molecule has 0 aliphatic rings. The summed E-state index contributed by atoms with van der Waals surface area (Å²) in [5.41, 5.74) is 2.53. The molecular formula is C11H16N4S2. The lowest BCUT2D eigenvalue weighted by atomic mass is 10.3. The van der Waals surface area contributed by atoms with Crippen molar-refractivity contribution in [3.05, 3.63) is 10.9 Å². The van der Waals surface area contributed by atoms with E-state index in [9.17, 15) is 0 Å². The third-order valence-corrected chi connectivity index (χ3v) is 4.53. The van der Waals surface area contributed by atoms with Gasteiger partial charge in [-0.2, -0.15) is 0 Å². The van der Waals surface area contributed by atoms with Gasteiger partial charge in [-0.25, -0.2) is 15.8 Å². The Kier molecular flexibility index (Phi) is 3.86. The number of nitrogens with zero attached hydrogens (tertiary/aromatic N) is 2. The molecule has 0 fully saturated rings. The first-order valence-corrected chi connectivity index (χ1v) is 7.28. The van der Waals surface area contributed by atoms with Gasteiger partial charge in [-0.05, 0) is 18.9 Å². The fraction of sp³-hybridized carbons (Fsp3) is 0.455. The minimum atomic E-state index is 0.491. The average molecular weight is 268 g/mol. The normalized spacial score (nSPS) is 11.4. The zero-order valence-corrected chi connectivity index (χ0v) is 11.8. The molecule has 6 heteroatoms. The van der Waals surface area contributed by atoms with Crippen molar-refractivity contribution in [1.29, 1.82) is 0 Å². The number of thioether (sulfide) groups is 1. The predicted octanol–water partition coefficient (Wildman–Crippen LogP) is 3.03. The quantitative estimate of drug-likeness (QED) is 0.386. The van der Waals surface area contributed by atoms with Crippen LogP contribution in [0.3, 0.4) is 0 Å². The van der Waals surface area contributed by atoms with Crippen molar-refractivity contribution in [3.63, 3.8) is 0 Å². The Balaban J connectivity index is 2.43. The highest BCUT2D eigenvalue weighted by atomic mass is 32.2. The van der Waals surface area contributed by atoms with E-state index in [0.29, 0.717) is 11.9 Å². The minimum Gasteiger partial charge on any atom is -0.292 e. The summed E-state index contributed by atoms with van der Waals surface area (Å²) in [5, 5.41) is 2.15. The Hall–Kier alpha value is -0.850. The van der Waals surface area contributed by atoms with Crippen LogP contribution in [0.15, 0.2) is 11.1 Å². The highest BCUT2D eigenvalue weighted by molar-refractivity contribution is 7.99. The molecule has 0 unspecified atom stereocenters. The van der Waals surface area contributed by atoms with E-state index in [1.165, 1.54) is 4.88 Å². The van der Waals surface area contributed by atoms with E-state index < -0.39 is 0 Å². The van der Waals surface area contributed by atoms with E-state index in [2.05, 4.69) is 42.2 Å². The first-order valence-electron chi connectivity index (χ1n) is 5.47. The lowest BCUT2D eigenvalue weighted by Gasteiger charge is -2.06. The molecule has 92 valence electrons. The lowest BCUT2D eigenvalue weighted by Crippen LogP contribution is -2.10. The number of rotatable bonds is 4. The van der Waals surface area contributed by atoms with Crippen LogP contribution in [0.2, 0.25) is 0 Å². The Bertz CT molecular complexity index is 521. The van der Waals surface area contributed by atoms with Crippen LogP contribution in [0.1, 0.15) is 18.7 Å². The number of thiophene rings is 1. The standard InChI is InChI=1S/C11H16N4S2/c1-6(2)5-16-9-8-4-7(3)17-10(8)14-11(13-9)15-12/h4,6H,5,12H2,1-3H3,(H,13,14,15). The number of nitrogens with two attached hydrogens (primary N) is 1. The van der Waals surface area contributed by atoms with E-state index in [0.717, 1.165) is 21.0 Å². The van der Waals surface area contributed by atoms with Gasteiger partial charge < -0.3 is 0 Å². The van der Waals surface area contributed by atoms with Crippen molar-refractivity contribution in [2.24, 2.45) is 11.8 Å². The van der Waals surface area contributed by atoms with Crippen molar-refractivity contribution in [1.82, 2.24) is 9.97 Å². The molecule has 17 heavy (non-hydrogen) atoms. The first kappa shape index (κ1) is 12.6. The number of nitrogen functional groups attached to an aromatic ring is 1. The predicted molar refractivity (Wildman–Crippen MR) is 75.5 cm³/mol. The number of hydrogen-bond acceptors (Lipinski definition) is 6. The number of aromatic nitrogens is 2. The number of hydrogen-bond donors (Lipinski definition) is 2. The molecule has 0 saturated carbocycles. The molecule has 2 aromatic heterocycles. The van der Waals surface area contributed by atoms with Gasteiger partial charge in [-0.15, -0.1) is 23.1 Å². The summed E-state index contributed by atoms with van der Waals surface area (Å²) >= 11 is 3.43. The number of hydrazine groups is 1. The van der Waals surface area contributed by atoms with Crippen molar-refractivity contribution in [2.45, 2.75) is 25.8 Å². The summed E-state index contributed by atoms with van der Waals surface area (Å²) in [6.07, 6.45) is 0. The van der Waals surface area contributed by atoms with Gasteiger partial charge >= 0.3 is 0 Å².